The van der Waals surface area contributed by atoms with Crippen molar-refractivity contribution in [2.24, 2.45) is 0 Å². The fraction of sp³-hybridized carbons (Fsp3) is 0.167. The summed E-state index contributed by atoms with van der Waals surface area (Å²) in [6, 6.07) is 16.0. The van der Waals surface area contributed by atoms with Crippen LogP contribution in [-0.4, -0.2) is 29.2 Å². The number of amides is 3. The summed E-state index contributed by atoms with van der Waals surface area (Å²) < 4.78 is 0. The van der Waals surface area contributed by atoms with Crippen LogP contribution in [0, 0.1) is 0 Å². The lowest BCUT2D eigenvalue weighted by Gasteiger charge is -2.13. The third-order valence-corrected chi connectivity index (χ3v) is 3.78. The average Bonchev–Trinajstić information content (AvgIpc) is 2.86. The summed E-state index contributed by atoms with van der Waals surface area (Å²) >= 11 is 0. The van der Waals surface area contributed by atoms with Crippen LogP contribution >= 0.6 is 0 Å². The Hall–Kier alpha value is -3.15. The van der Waals surface area contributed by atoms with Crippen LogP contribution in [0.2, 0.25) is 0 Å². The molecule has 2 N–H and O–H groups in total. The van der Waals surface area contributed by atoms with Gasteiger partial charge in [-0.25, -0.2) is 0 Å². The first-order valence-electron chi connectivity index (χ1n) is 7.72. The molecule has 0 radical (unpaired) electrons. The van der Waals surface area contributed by atoms with E-state index in [0.717, 1.165) is 5.69 Å². The summed E-state index contributed by atoms with van der Waals surface area (Å²) in [6.07, 6.45) is 0.626. The van der Waals surface area contributed by atoms with Gasteiger partial charge in [-0.3, -0.25) is 30.1 Å². The van der Waals surface area contributed by atoms with E-state index in [1.165, 1.54) is 4.90 Å². The first-order valence-corrected chi connectivity index (χ1v) is 7.72. The summed E-state index contributed by atoms with van der Waals surface area (Å²) in [5.74, 6) is -0.785. The van der Waals surface area contributed by atoms with Crippen LogP contribution in [0.15, 0.2) is 54.6 Å². The largest absolute Gasteiger partial charge is 0.299 e. The summed E-state index contributed by atoms with van der Waals surface area (Å²) in [5, 5.41) is 0. The first-order chi connectivity index (χ1) is 11.7. The van der Waals surface area contributed by atoms with Crippen LogP contribution in [0.5, 0.6) is 0 Å². The molecule has 1 aliphatic heterocycles. The molecule has 0 saturated heterocycles. The van der Waals surface area contributed by atoms with Gasteiger partial charge in [0.2, 0.25) is 5.91 Å². The van der Waals surface area contributed by atoms with Gasteiger partial charge in [0.1, 0.15) is 0 Å². The first kappa shape index (κ1) is 15.7. The zero-order valence-electron chi connectivity index (χ0n) is 13.0. The predicted molar refractivity (Wildman–Crippen MR) is 89.3 cm³/mol. The lowest BCUT2D eigenvalue weighted by atomic mass is 10.1. The molecule has 1 heterocycles. The van der Waals surface area contributed by atoms with Crippen molar-refractivity contribution >= 4 is 23.4 Å². The van der Waals surface area contributed by atoms with Crippen LogP contribution in [-0.2, 0) is 4.79 Å². The average molecular weight is 323 g/mol. The molecule has 3 amide bonds. The van der Waals surface area contributed by atoms with Crippen LogP contribution in [0.25, 0.3) is 0 Å². The molecule has 0 fully saturated rings. The van der Waals surface area contributed by atoms with Gasteiger partial charge in [0.15, 0.2) is 0 Å². The van der Waals surface area contributed by atoms with E-state index in [9.17, 15) is 14.4 Å². The molecule has 2 aromatic carbocycles. The van der Waals surface area contributed by atoms with E-state index >= 15 is 0 Å². The van der Waals surface area contributed by atoms with E-state index in [1.54, 1.807) is 24.3 Å². The third kappa shape index (κ3) is 3.27. The summed E-state index contributed by atoms with van der Waals surface area (Å²) in [6.45, 7) is 0.227. The van der Waals surface area contributed by atoms with E-state index in [0.29, 0.717) is 17.5 Å². The maximum Gasteiger partial charge on any atom is 0.261 e. The van der Waals surface area contributed by atoms with E-state index in [-0.39, 0.29) is 30.7 Å². The van der Waals surface area contributed by atoms with E-state index in [1.807, 2.05) is 30.3 Å². The Morgan fingerprint density at radius 1 is 0.875 bits per heavy atom. The van der Waals surface area contributed by atoms with Crippen molar-refractivity contribution in [2.75, 3.05) is 12.0 Å². The number of rotatable bonds is 6. The second-order valence-electron chi connectivity index (χ2n) is 5.45. The molecule has 0 bridgehead atoms. The number of carbonyl (C=O) groups excluding carboxylic acids is 3. The molecule has 0 aliphatic carbocycles. The van der Waals surface area contributed by atoms with Crippen LogP contribution < -0.4 is 10.9 Å². The minimum Gasteiger partial charge on any atom is -0.299 e. The Kier molecular flexibility index (Phi) is 4.56. The summed E-state index contributed by atoms with van der Waals surface area (Å²) in [7, 11) is 0. The fourth-order valence-corrected chi connectivity index (χ4v) is 2.57. The Labute approximate surface area is 139 Å². The second kappa shape index (κ2) is 6.95. The smallest absolute Gasteiger partial charge is 0.261 e. The number of hydrazine groups is 1. The van der Waals surface area contributed by atoms with Gasteiger partial charge >= 0.3 is 0 Å². The zero-order chi connectivity index (χ0) is 16.9. The fourth-order valence-electron chi connectivity index (χ4n) is 2.57. The Bertz CT molecular complexity index is 739. The summed E-state index contributed by atoms with van der Waals surface area (Å²) in [5.41, 5.74) is 7.03. The van der Waals surface area contributed by atoms with E-state index in [2.05, 4.69) is 10.9 Å². The van der Waals surface area contributed by atoms with Crippen molar-refractivity contribution in [2.45, 2.75) is 12.8 Å². The highest BCUT2D eigenvalue weighted by atomic mass is 16.2. The van der Waals surface area contributed by atoms with Crippen LogP contribution in [0.4, 0.5) is 5.69 Å². The van der Waals surface area contributed by atoms with Crippen molar-refractivity contribution < 1.29 is 14.4 Å². The molecule has 6 heteroatoms. The number of hydrogen-bond acceptors (Lipinski definition) is 4. The molecule has 0 spiro atoms. The molecule has 2 aromatic rings. The number of hydrogen-bond donors (Lipinski definition) is 2. The highest BCUT2D eigenvalue weighted by Gasteiger charge is 2.34. The molecule has 0 unspecified atom stereocenters. The minimum absolute atomic E-state index is 0.199. The Morgan fingerprint density at radius 3 is 2.08 bits per heavy atom. The predicted octanol–water partition coefficient (Wildman–Crippen LogP) is 2.21. The van der Waals surface area contributed by atoms with Crippen molar-refractivity contribution in [1.82, 2.24) is 10.3 Å². The number of para-hydroxylation sites is 1. The maximum absolute atomic E-state index is 12.2. The molecule has 0 atom stereocenters. The van der Waals surface area contributed by atoms with Gasteiger partial charge in [0, 0.05) is 13.0 Å². The SMILES string of the molecule is O=C(CCCN1C(=O)c2ccccc2C1=O)NNc1ccccc1. The van der Waals surface area contributed by atoms with E-state index < -0.39 is 0 Å². The lowest BCUT2D eigenvalue weighted by molar-refractivity contribution is -0.120. The molecule has 122 valence electrons. The summed E-state index contributed by atoms with van der Waals surface area (Å²) in [4.78, 5) is 37.4. The highest BCUT2D eigenvalue weighted by molar-refractivity contribution is 6.21. The minimum atomic E-state index is -0.293. The Balaban J connectivity index is 1.46. The van der Waals surface area contributed by atoms with Gasteiger partial charge in [0.05, 0.1) is 16.8 Å². The number of imide groups is 1. The van der Waals surface area contributed by atoms with Gasteiger partial charge in [-0.15, -0.1) is 0 Å². The quantitative estimate of drug-likeness (QED) is 0.631. The topological polar surface area (TPSA) is 78.5 Å². The normalized spacial score (nSPS) is 12.9. The third-order valence-electron chi connectivity index (χ3n) is 3.78. The molecular formula is C18H17N3O3. The molecule has 0 saturated carbocycles. The Morgan fingerprint density at radius 2 is 1.46 bits per heavy atom. The molecular weight excluding hydrogens is 306 g/mol. The highest BCUT2D eigenvalue weighted by Crippen LogP contribution is 2.22. The van der Waals surface area contributed by atoms with Crippen molar-refractivity contribution in [3.8, 4) is 0 Å². The van der Waals surface area contributed by atoms with Crippen molar-refractivity contribution in [3.63, 3.8) is 0 Å². The zero-order valence-corrected chi connectivity index (χ0v) is 13.0. The van der Waals surface area contributed by atoms with Crippen LogP contribution in [0.1, 0.15) is 33.6 Å². The van der Waals surface area contributed by atoms with Crippen LogP contribution in [0.3, 0.4) is 0 Å². The second-order valence-corrected chi connectivity index (χ2v) is 5.45. The monoisotopic (exact) mass is 323 g/mol. The molecule has 24 heavy (non-hydrogen) atoms. The number of carbonyl (C=O) groups is 3. The lowest BCUT2D eigenvalue weighted by Crippen LogP contribution is -2.33. The molecule has 1 aliphatic rings. The molecule has 6 nitrogen and oxygen atoms in total. The number of anilines is 1. The van der Waals surface area contributed by atoms with Gasteiger partial charge in [0.25, 0.3) is 11.8 Å². The van der Waals surface area contributed by atoms with Crippen molar-refractivity contribution in [1.29, 1.82) is 0 Å². The van der Waals surface area contributed by atoms with Gasteiger partial charge in [-0.1, -0.05) is 30.3 Å². The van der Waals surface area contributed by atoms with Gasteiger partial charge in [-0.05, 0) is 30.7 Å². The van der Waals surface area contributed by atoms with Gasteiger partial charge in [-0.2, -0.15) is 0 Å². The standard InChI is InChI=1S/C18H17N3O3/c22-16(20-19-13-7-2-1-3-8-13)11-6-12-21-17(23)14-9-4-5-10-15(14)18(21)24/h1-5,7-10,19H,6,11-12H2,(H,20,22). The molecule has 0 aromatic heterocycles. The number of fused-ring (bicyclic) bond motifs is 1. The van der Waals surface area contributed by atoms with E-state index in [4.69, 9.17) is 0 Å². The number of nitrogens with one attached hydrogen (secondary N) is 2. The molecule has 3 rings (SSSR count). The van der Waals surface area contributed by atoms with Crippen molar-refractivity contribution in [3.05, 3.63) is 65.7 Å². The maximum atomic E-state index is 12.2. The number of benzene rings is 2. The number of nitrogens with zero attached hydrogens (tertiary/aromatic N) is 1. The van der Waals surface area contributed by atoms with Gasteiger partial charge < -0.3 is 0 Å².